The van der Waals surface area contributed by atoms with E-state index in [1.54, 1.807) is 23.9 Å². The summed E-state index contributed by atoms with van der Waals surface area (Å²) in [4.78, 5) is 4.45. The van der Waals surface area contributed by atoms with E-state index in [-0.39, 0.29) is 11.6 Å². The van der Waals surface area contributed by atoms with Crippen LogP contribution in [0.1, 0.15) is 20.3 Å². The Bertz CT molecular complexity index is 477. The second-order valence-electron chi connectivity index (χ2n) is 4.99. The Morgan fingerprint density at radius 3 is 2.95 bits per heavy atom. The van der Waals surface area contributed by atoms with Crippen LogP contribution in [0.5, 0.6) is 5.75 Å². The minimum absolute atomic E-state index is 0.254. The third-order valence-corrected chi connectivity index (χ3v) is 3.98. The smallest absolute Gasteiger partial charge is 0.167 e. The molecule has 1 atom stereocenters. The van der Waals surface area contributed by atoms with Crippen LogP contribution in [-0.4, -0.2) is 24.1 Å². The number of nitrogens with zero attached hydrogens (tertiary/aromatic N) is 1. The number of ether oxygens (including phenoxy) is 1. The van der Waals surface area contributed by atoms with Crippen LogP contribution in [0.25, 0.3) is 0 Å². The van der Waals surface area contributed by atoms with Gasteiger partial charge in [0.1, 0.15) is 0 Å². The van der Waals surface area contributed by atoms with Crippen LogP contribution in [0.3, 0.4) is 0 Å². The maximum absolute atomic E-state index is 13.6. The number of rotatable bonds is 4. The second-order valence-corrected chi connectivity index (χ2v) is 6.28. The first kappa shape index (κ1) is 14.2. The molecule has 1 unspecified atom stereocenters. The van der Waals surface area contributed by atoms with Crippen molar-refractivity contribution in [1.82, 2.24) is 0 Å². The number of thioether (sulfide) groups is 1. The van der Waals surface area contributed by atoms with E-state index in [0.29, 0.717) is 16.9 Å². The first-order chi connectivity index (χ1) is 9.08. The SMILES string of the molecule is COc1ccc(NC2=NCC(CC(C)C)S2)cc1F. The van der Waals surface area contributed by atoms with Crippen LogP contribution < -0.4 is 10.1 Å². The molecule has 1 aromatic rings. The van der Waals surface area contributed by atoms with E-state index >= 15 is 0 Å². The fraction of sp³-hybridized carbons (Fsp3) is 0.500. The summed E-state index contributed by atoms with van der Waals surface area (Å²) in [5, 5.41) is 4.56. The predicted octanol–water partition coefficient (Wildman–Crippen LogP) is 3.76. The number of halogens is 1. The molecule has 0 amide bonds. The fourth-order valence-electron chi connectivity index (χ4n) is 2.00. The van der Waals surface area contributed by atoms with E-state index in [9.17, 15) is 4.39 Å². The van der Waals surface area contributed by atoms with Gasteiger partial charge < -0.3 is 10.1 Å². The van der Waals surface area contributed by atoms with Gasteiger partial charge in [0.15, 0.2) is 16.7 Å². The molecule has 0 saturated heterocycles. The highest BCUT2D eigenvalue weighted by molar-refractivity contribution is 8.15. The zero-order valence-corrected chi connectivity index (χ0v) is 12.3. The van der Waals surface area contributed by atoms with Crippen LogP contribution in [0.15, 0.2) is 23.2 Å². The molecule has 0 bridgehead atoms. The number of anilines is 1. The predicted molar refractivity (Wildman–Crippen MR) is 79.7 cm³/mol. The molecule has 1 aliphatic rings. The Balaban J connectivity index is 1.94. The highest BCUT2D eigenvalue weighted by atomic mass is 32.2. The van der Waals surface area contributed by atoms with Crippen molar-refractivity contribution in [2.24, 2.45) is 10.9 Å². The third kappa shape index (κ3) is 3.86. The van der Waals surface area contributed by atoms with Gasteiger partial charge in [-0.25, -0.2) is 4.39 Å². The van der Waals surface area contributed by atoms with Crippen LogP contribution in [0, 0.1) is 11.7 Å². The van der Waals surface area contributed by atoms with Gasteiger partial charge in [-0.05, 0) is 24.5 Å². The lowest BCUT2D eigenvalue weighted by molar-refractivity contribution is 0.387. The average Bonchev–Trinajstić information content (AvgIpc) is 2.76. The lowest BCUT2D eigenvalue weighted by Gasteiger charge is -2.11. The van der Waals surface area contributed by atoms with Crippen molar-refractivity contribution in [3.05, 3.63) is 24.0 Å². The molecule has 1 aliphatic heterocycles. The summed E-state index contributed by atoms with van der Waals surface area (Å²) >= 11 is 1.73. The number of nitrogens with one attached hydrogen (secondary N) is 1. The van der Waals surface area contributed by atoms with Crippen molar-refractivity contribution in [3.63, 3.8) is 0 Å². The number of aliphatic imine (C=N–C) groups is 1. The molecule has 0 spiro atoms. The van der Waals surface area contributed by atoms with Gasteiger partial charge in [-0.15, -0.1) is 0 Å². The van der Waals surface area contributed by atoms with Gasteiger partial charge in [0.2, 0.25) is 0 Å². The number of hydrogen-bond donors (Lipinski definition) is 1. The largest absolute Gasteiger partial charge is 0.494 e. The van der Waals surface area contributed by atoms with Crippen molar-refractivity contribution < 1.29 is 9.13 Å². The Morgan fingerprint density at radius 1 is 1.53 bits per heavy atom. The molecule has 0 saturated carbocycles. The van der Waals surface area contributed by atoms with E-state index in [1.807, 2.05) is 0 Å². The zero-order valence-electron chi connectivity index (χ0n) is 11.4. The van der Waals surface area contributed by atoms with Crippen LogP contribution in [0.2, 0.25) is 0 Å². The Hall–Kier alpha value is -1.23. The monoisotopic (exact) mass is 282 g/mol. The summed E-state index contributed by atoms with van der Waals surface area (Å²) in [7, 11) is 1.46. The van der Waals surface area contributed by atoms with Crippen molar-refractivity contribution in [2.75, 3.05) is 19.0 Å². The molecule has 1 heterocycles. The quantitative estimate of drug-likeness (QED) is 0.913. The Labute approximate surface area is 117 Å². The average molecular weight is 282 g/mol. The number of hydrogen-bond acceptors (Lipinski definition) is 4. The second kappa shape index (κ2) is 6.28. The molecular formula is C14H19FN2OS. The molecule has 3 nitrogen and oxygen atoms in total. The summed E-state index contributed by atoms with van der Waals surface area (Å²) in [6, 6.07) is 4.84. The standard InChI is InChI=1S/C14H19FN2OS/c1-9(2)6-11-8-16-14(19-11)17-10-4-5-13(18-3)12(15)7-10/h4-5,7,9,11H,6,8H2,1-3H3,(H,16,17). The zero-order chi connectivity index (χ0) is 13.8. The molecule has 19 heavy (non-hydrogen) atoms. The van der Waals surface area contributed by atoms with E-state index in [4.69, 9.17) is 4.74 Å². The molecule has 0 aliphatic carbocycles. The van der Waals surface area contributed by atoms with Gasteiger partial charge in [0.05, 0.1) is 13.7 Å². The third-order valence-electron chi connectivity index (χ3n) is 2.85. The molecule has 1 N–H and O–H groups in total. The molecule has 104 valence electrons. The minimum atomic E-state index is -0.366. The van der Waals surface area contributed by atoms with E-state index in [2.05, 4.69) is 24.2 Å². The van der Waals surface area contributed by atoms with Crippen molar-refractivity contribution in [3.8, 4) is 5.75 Å². The van der Waals surface area contributed by atoms with Crippen molar-refractivity contribution in [1.29, 1.82) is 0 Å². The molecular weight excluding hydrogens is 263 g/mol. The normalized spacial score (nSPS) is 18.6. The highest BCUT2D eigenvalue weighted by Gasteiger charge is 2.20. The molecule has 0 fully saturated rings. The minimum Gasteiger partial charge on any atom is -0.494 e. The van der Waals surface area contributed by atoms with Gasteiger partial charge in [0.25, 0.3) is 0 Å². The summed E-state index contributed by atoms with van der Waals surface area (Å²) < 4.78 is 18.5. The van der Waals surface area contributed by atoms with E-state index in [0.717, 1.165) is 18.1 Å². The Kier molecular flexibility index (Phi) is 4.69. The number of benzene rings is 1. The summed E-state index contributed by atoms with van der Waals surface area (Å²) in [6.45, 7) is 5.26. The van der Waals surface area contributed by atoms with Gasteiger partial charge in [-0.3, -0.25) is 4.99 Å². The number of methoxy groups -OCH3 is 1. The van der Waals surface area contributed by atoms with Gasteiger partial charge in [-0.2, -0.15) is 0 Å². The van der Waals surface area contributed by atoms with Gasteiger partial charge in [-0.1, -0.05) is 25.6 Å². The van der Waals surface area contributed by atoms with Crippen LogP contribution in [-0.2, 0) is 0 Å². The van der Waals surface area contributed by atoms with Crippen molar-refractivity contribution in [2.45, 2.75) is 25.5 Å². The molecule has 5 heteroatoms. The fourth-order valence-corrected chi connectivity index (χ4v) is 3.27. The molecule has 0 radical (unpaired) electrons. The van der Waals surface area contributed by atoms with Gasteiger partial charge >= 0.3 is 0 Å². The molecule has 1 aromatic carbocycles. The molecule has 2 rings (SSSR count). The Morgan fingerprint density at radius 2 is 2.32 bits per heavy atom. The lowest BCUT2D eigenvalue weighted by Crippen LogP contribution is -2.09. The van der Waals surface area contributed by atoms with Crippen LogP contribution in [0.4, 0.5) is 10.1 Å². The summed E-state index contributed by atoms with van der Waals surface area (Å²) in [5.74, 6) is 0.560. The first-order valence-electron chi connectivity index (χ1n) is 6.40. The molecule has 0 aromatic heterocycles. The number of amidine groups is 1. The summed E-state index contributed by atoms with van der Waals surface area (Å²) in [5.41, 5.74) is 0.703. The van der Waals surface area contributed by atoms with Gasteiger partial charge in [0, 0.05) is 17.0 Å². The van der Waals surface area contributed by atoms with E-state index < -0.39 is 0 Å². The maximum Gasteiger partial charge on any atom is 0.167 e. The van der Waals surface area contributed by atoms with E-state index in [1.165, 1.54) is 13.2 Å². The maximum atomic E-state index is 13.6. The summed E-state index contributed by atoms with van der Waals surface area (Å²) in [6.07, 6.45) is 1.15. The first-order valence-corrected chi connectivity index (χ1v) is 7.28. The highest BCUT2D eigenvalue weighted by Crippen LogP contribution is 2.28. The topological polar surface area (TPSA) is 33.6 Å². The van der Waals surface area contributed by atoms with Crippen LogP contribution >= 0.6 is 11.8 Å². The lowest BCUT2D eigenvalue weighted by atomic mass is 10.1. The van der Waals surface area contributed by atoms with Crippen molar-refractivity contribution >= 4 is 22.6 Å².